The monoisotopic (exact) mass is 340 g/mol. The maximum atomic E-state index is 12.4. The molecule has 1 aromatic carbocycles. The maximum absolute atomic E-state index is 12.4. The smallest absolute Gasteiger partial charge is 0.318 e. The normalized spacial score (nSPS) is 14.8. The van der Waals surface area contributed by atoms with Gasteiger partial charge >= 0.3 is 6.01 Å². The molecule has 0 aliphatic carbocycles. The molecule has 1 aliphatic heterocycles. The number of piperazine rings is 1. The Morgan fingerprint density at radius 1 is 1.00 bits per heavy atom. The molecule has 1 amide bonds. The Balaban J connectivity index is 1.41. The van der Waals surface area contributed by atoms with Crippen LogP contribution in [0.5, 0.6) is 0 Å². The fraction of sp³-hybridized carbons (Fsp3) is 0.235. The quantitative estimate of drug-likeness (QED) is 0.734. The number of amides is 1. The summed E-state index contributed by atoms with van der Waals surface area (Å²) in [6, 6.07) is 14.0. The second kappa shape index (κ2) is 6.45. The fourth-order valence-electron chi connectivity index (χ4n) is 2.70. The Hall–Kier alpha value is -2.67. The van der Waals surface area contributed by atoms with Crippen molar-refractivity contribution in [2.75, 3.05) is 31.1 Å². The predicted molar refractivity (Wildman–Crippen MR) is 92.2 cm³/mol. The lowest BCUT2D eigenvalue weighted by Gasteiger charge is -2.33. The maximum Gasteiger partial charge on any atom is 0.318 e. The van der Waals surface area contributed by atoms with Gasteiger partial charge < -0.3 is 14.2 Å². The highest BCUT2D eigenvalue weighted by atomic mass is 32.1. The Kier molecular flexibility index (Phi) is 4.00. The van der Waals surface area contributed by atoms with Crippen molar-refractivity contribution >= 4 is 23.3 Å². The van der Waals surface area contributed by atoms with E-state index in [1.807, 2.05) is 57.6 Å². The summed E-state index contributed by atoms with van der Waals surface area (Å²) in [6.07, 6.45) is 0. The minimum atomic E-state index is 0.0974. The second-order valence-corrected chi connectivity index (χ2v) is 6.46. The molecule has 0 N–H and O–H groups in total. The highest BCUT2D eigenvalue weighted by Crippen LogP contribution is 2.23. The number of carbonyl (C=O) groups excluding carboxylic acids is 1. The summed E-state index contributed by atoms with van der Waals surface area (Å²) in [7, 11) is 0. The van der Waals surface area contributed by atoms with Crippen molar-refractivity contribution in [2.24, 2.45) is 0 Å². The van der Waals surface area contributed by atoms with Crippen LogP contribution >= 0.6 is 11.3 Å². The minimum absolute atomic E-state index is 0.0974. The first-order chi connectivity index (χ1) is 11.8. The summed E-state index contributed by atoms with van der Waals surface area (Å²) >= 11 is 1.48. The third kappa shape index (κ3) is 2.90. The number of anilines is 1. The molecule has 0 unspecified atom stereocenters. The van der Waals surface area contributed by atoms with Gasteiger partial charge in [-0.05, 0) is 23.6 Å². The zero-order chi connectivity index (χ0) is 16.4. The van der Waals surface area contributed by atoms with Gasteiger partial charge in [-0.15, -0.1) is 16.4 Å². The van der Waals surface area contributed by atoms with E-state index in [0.717, 1.165) is 10.4 Å². The zero-order valence-electron chi connectivity index (χ0n) is 13.0. The van der Waals surface area contributed by atoms with Gasteiger partial charge in [0.05, 0.1) is 4.88 Å². The molecule has 7 heteroatoms. The zero-order valence-corrected chi connectivity index (χ0v) is 13.8. The van der Waals surface area contributed by atoms with E-state index in [9.17, 15) is 4.79 Å². The number of aromatic nitrogens is 2. The first-order valence-electron chi connectivity index (χ1n) is 7.78. The Morgan fingerprint density at radius 2 is 1.79 bits per heavy atom. The molecule has 3 heterocycles. The van der Waals surface area contributed by atoms with E-state index in [1.54, 1.807) is 0 Å². The van der Waals surface area contributed by atoms with Crippen molar-refractivity contribution in [1.29, 1.82) is 0 Å². The first kappa shape index (κ1) is 14.9. The van der Waals surface area contributed by atoms with Crippen LogP contribution in [0.4, 0.5) is 6.01 Å². The lowest BCUT2D eigenvalue weighted by Crippen LogP contribution is -2.48. The molecule has 1 fully saturated rings. The number of carbonyl (C=O) groups is 1. The van der Waals surface area contributed by atoms with Crippen LogP contribution in [0.2, 0.25) is 0 Å². The molecule has 0 saturated carbocycles. The number of hydrogen-bond donors (Lipinski definition) is 0. The van der Waals surface area contributed by atoms with E-state index < -0.39 is 0 Å². The molecule has 1 saturated heterocycles. The standard InChI is InChI=1S/C17H16N4O2S/c22-16(14-7-4-12-24-14)20-8-10-21(11-9-20)17-19-18-15(23-17)13-5-2-1-3-6-13/h1-7,12H,8-11H2. The summed E-state index contributed by atoms with van der Waals surface area (Å²) in [5.41, 5.74) is 0.905. The second-order valence-electron chi connectivity index (χ2n) is 5.51. The molecule has 24 heavy (non-hydrogen) atoms. The van der Waals surface area contributed by atoms with Gasteiger partial charge in [0.15, 0.2) is 0 Å². The molecule has 6 nitrogen and oxygen atoms in total. The molecule has 2 aromatic heterocycles. The van der Waals surface area contributed by atoms with E-state index in [-0.39, 0.29) is 5.91 Å². The van der Waals surface area contributed by atoms with E-state index >= 15 is 0 Å². The third-order valence-electron chi connectivity index (χ3n) is 4.00. The van der Waals surface area contributed by atoms with Gasteiger partial charge in [0.1, 0.15) is 0 Å². The Morgan fingerprint density at radius 3 is 2.50 bits per heavy atom. The van der Waals surface area contributed by atoms with Crippen molar-refractivity contribution in [3.8, 4) is 11.5 Å². The summed E-state index contributed by atoms with van der Waals surface area (Å²) < 4.78 is 5.78. The van der Waals surface area contributed by atoms with E-state index in [4.69, 9.17) is 4.42 Å². The number of rotatable bonds is 3. The number of benzene rings is 1. The summed E-state index contributed by atoms with van der Waals surface area (Å²) in [6.45, 7) is 2.68. The highest BCUT2D eigenvalue weighted by Gasteiger charge is 2.25. The minimum Gasteiger partial charge on any atom is -0.403 e. The average Bonchev–Trinajstić information content (AvgIpc) is 3.34. The van der Waals surface area contributed by atoms with Gasteiger partial charge in [0, 0.05) is 31.7 Å². The van der Waals surface area contributed by atoms with Crippen LogP contribution in [0.25, 0.3) is 11.5 Å². The molecule has 0 spiro atoms. The highest BCUT2D eigenvalue weighted by molar-refractivity contribution is 7.12. The van der Waals surface area contributed by atoms with Crippen LogP contribution in [0.1, 0.15) is 9.67 Å². The van der Waals surface area contributed by atoms with E-state index in [0.29, 0.717) is 38.1 Å². The van der Waals surface area contributed by atoms with Crippen LogP contribution < -0.4 is 4.90 Å². The molecule has 1 aliphatic rings. The largest absolute Gasteiger partial charge is 0.403 e. The number of hydrogen-bond acceptors (Lipinski definition) is 6. The van der Waals surface area contributed by atoms with Crippen molar-refractivity contribution in [3.63, 3.8) is 0 Å². The van der Waals surface area contributed by atoms with Gasteiger partial charge in [0.25, 0.3) is 5.91 Å². The predicted octanol–water partition coefficient (Wildman–Crippen LogP) is 2.76. The van der Waals surface area contributed by atoms with Gasteiger partial charge in [-0.3, -0.25) is 4.79 Å². The van der Waals surface area contributed by atoms with E-state index in [1.165, 1.54) is 11.3 Å². The molecule has 0 atom stereocenters. The fourth-order valence-corrected chi connectivity index (χ4v) is 3.39. The third-order valence-corrected chi connectivity index (χ3v) is 4.86. The van der Waals surface area contributed by atoms with Crippen molar-refractivity contribution < 1.29 is 9.21 Å². The average molecular weight is 340 g/mol. The first-order valence-corrected chi connectivity index (χ1v) is 8.66. The molecular formula is C17H16N4O2S. The van der Waals surface area contributed by atoms with Gasteiger partial charge in [-0.1, -0.05) is 29.4 Å². The Bertz CT molecular complexity index is 808. The molecular weight excluding hydrogens is 324 g/mol. The van der Waals surface area contributed by atoms with Gasteiger partial charge in [-0.2, -0.15) is 0 Å². The lowest BCUT2D eigenvalue weighted by molar-refractivity contribution is 0.0750. The summed E-state index contributed by atoms with van der Waals surface area (Å²) in [5.74, 6) is 0.614. The molecule has 122 valence electrons. The van der Waals surface area contributed by atoms with Crippen LogP contribution in [0, 0.1) is 0 Å². The molecule has 0 bridgehead atoms. The SMILES string of the molecule is O=C(c1cccs1)N1CCN(c2nnc(-c3ccccc3)o2)CC1. The van der Waals surface area contributed by atoms with Crippen LogP contribution in [0.15, 0.2) is 52.3 Å². The van der Waals surface area contributed by atoms with E-state index in [2.05, 4.69) is 10.2 Å². The molecule has 0 radical (unpaired) electrons. The summed E-state index contributed by atoms with van der Waals surface area (Å²) in [5, 5.41) is 10.2. The Labute approximate surface area is 143 Å². The van der Waals surface area contributed by atoms with Crippen LogP contribution in [-0.4, -0.2) is 47.2 Å². The summed E-state index contributed by atoms with van der Waals surface area (Å²) in [4.78, 5) is 17.0. The van der Waals surface area contributed by atoms with Crippen molar-refractivity contribution in [2.45, 2.75) is 0 Å². The molecule has 3 aromatic rings. The van der Waals surface area contributed by atoms with Crippen molar-refractivity contribution in [3.05, 3.63) is 52.7 Å². The van der Waals surface area contributed by atoms with Gasteiger partial charge in [-0.25, -0.2) is 0 Å². The topological polar surface area (TPSA) is 62.5 Å². The number of nitrogens with zero attached hydrogens (tertiary/aromatic N) is 4. The molecule has 4 rings (SSSR count). The van der Waals surface area contributed by atoms with Crippen molar-refractivity contribution in [1.82, 2.24) is 15.1 Å². The lowest BCUT2D eigenvalue weighted by atomic mass is 10.2. The number of thiophene rings is 1. The van der Waals surface area contributed by atoms with Crippen LogP contribution in [-0.2, 0) is 0 Å². The van der Waals surface area contributed by atoms with Crippen LogP contribution in [0.3, 0.4) is 0 Å². The van der Waals surface area contributed by atoms with Gasteiger partial charge in [0.2, 0.25) is 5.89 Å².